The molecule has 2 rings (SSSR count). The summed E-state index contributed by atoms with van der Waals surface area (Å²) in [7, 11) is 0. The summed E-state index contributed by atoms with van der Waals surface area (Å²) in [6.45, 7) is 6.02. The summed E-state index contributed by atoms with van der Waals surface area (Å²) in [4.78, 5) is 14.5. The average molecular weight is 265 g/mol. The Balaban J connectivity index is 2.06. The van der Waals surface area contributed by atoms with E-state index in [4.69, 9.17) is 11.5 Å². The number of nitrogens with two attached hydrogens (primary N) is 2. The fraction of sp³-hybridized carbons (Fsp3) is 0.750. The number of nitrogen functional groups attached to an aromatic ring is 2. The molecule has 1 aromatic heterocycles. The molecule has 7 heteroatoms. The van der Waals surface area contributed by atoms with Crippen LogP contribution in [-0.4, -0.2) is 45.5 Å². The maximum Gasteiger partial charge on any atom is 0.225 e. The molecule has 2 heterocycles. The number of aromatic nitrogens is 3. The molecular weight excluding hydrogens is 242 g/mol. The quantitative estimate of drug-likeness (QED) is 0.688. The maximum absolute atomic E-state index is 5.61. The first-order valence-corrected chi connectivity index (χ1v) is 6.89. The van der Waals surface area contributed by atoms with Crippen molar-refractivity contribution in [3.8, 4) is 0 Å². The molecular formula is C12H23N7. The summed E-state index contributed by atoms with van der Waals surface area (Å²) >= 11 is 0. The first-order valence-electron chi connectivity index (χ1n) is 6.89. The largest absolute Gasteiger partial charge is 0.368 e. The van der Waals surface area contributed by atoms with E-state index in [9.17, 15) is 0 Å². The summed E-state index contributed by atoms with van der Waals surface area (Å²) in [5, 5.41) is 3.44. The van der Waals surface area contributed by atoms with E-state index in [0.29, 0.717) is 18.4 Å². The van der Waals surface area contributed by atoms with Gasteiger partial charge in [-0.25, -0.2) is 0 Å². The lowest BCUT2D eigenvalue weighted by Gasteiger charge is -2.34. The molecule has 0 bridgehead atoms. The Morgan fingerprint density at radius 2 is 2.00 bits per heavy atom. The summed E-state index contributed by atoms with van der Waals surface area (Å²) in [5.41, 5.74) is 11.2. The van der Waals surface area contributed by atoms with Crippen molar-refractivity contribution >= 4 is 11.9 Å². The second-order valence-corrected chi connectivity index (χ2v) is 4.94. The van der Waals surface area contributed by atoms with Gasteiger partial charge in [-0.3, -0.25) is 4.90 Å². The molecule has 0 aliphatic carbocycles. The minimum atomic E-state index is 0.195. The number of nitrogens with one attached hydrogen (secondary N) is 1. The molecule has 106 valence electrons. The highest BCUT2D eigenvalue weighted by molar-refractivity contribution is 5.25. The van der Waals surface area contributed by atoms with Crippen LogP contribution in [0, 0.1) is 0 Å². The van der Waals surface area contributed by atoms with Crippen molar-refractivity contribution in [1.82, 2.24) is 25.2 Å². The first-order chi connectivity index (χ1) is 9.19. The van der Waals surface area contributed by atoms with E-state index < -0.39 is 0 Å². The molecule has 1 aliphatic heterocycles. The molecule has 7 nitrogen and oxygen atoms in total. The van der Waals surface area contributed by atoms with Crippen LogP contribution < -0.4 is 16.8 Å². The molecule has 0 spiro atoms. The molecule has 19 heavy (non-hydrogen) atoms. The number of rotatable bonds is 5. The van der Waals surface area contributed by atoms with Crippen molar-refractivity contribution in [2.45, 2.75) is 38.8 Å². The smallest absolute Gasteiger partial charge is 0.225 e. The van der Waals surface area contributed by atoms with Crippen LogP contribution in [0.4, 0.5) is 11.9 Å². The summed E-state index contributed by atoms with van der Waals surface area (Å²) in [5.74, 6) is 1.05. The van der Waals surface area contributed by atoms with Crippen LogP contribution in [-0.2, 0) is 6.54 Å². The molecule has 0 saturated carbocycles. The van der Waals surface area contributed by atoms with Gasteiger partial charge in [0.05, 0.1) is 6.54 Å². The van der Waals surface area contributed by atoms with Crippen molar-refractivity contribution in [1.29, 1.82) is 0 Å². The minimum Gasteiger partial charge on any atom is -0.368 e. The van der Waals surface area contributed by atoms with Crippen LogP contribution in [0.25, 0.3) is 0 Å². The monoisotopic (exact) mass is 265 g/mol. The Bertz CT molecular complexity index is 383. The minimum absolute atomic E-state index is 0.195. The topological polar surface area (TPSA) is 106 Å². The number of hydrogen-bond acceptors (Lipinski definition) is 7. The molecule has 1 saturated heterocycles. The van der Waals surface area contributed by atoms with Gasteiger partial charge in [-0.05, 0) is 32.4 Å². The predicted molar refractivity (Wildman–Crippen MR) is 75.2 cm³/mol. The molecule has 1 fully saturated rings. The highest BCUT2D eigenvalue weighted by Gasteiger charge is 2.21. The lowest BCUT2D eigenvalue weighted by molar-refractivity contribution is 0.154. The van der Waals surface area contributed by atoms with Gasteiger partial charge in [-0.15, -0.1) is 0 Å². The third-order valence-electron chi connectivity index (χ3n) is 3.36. The van der Waals surface area contributed by atoms with Gasteiger partial charge in [0.2, 0.25) is 11.9 Å². The van der Waals surface area contributed by atoms with Crippen LogP contribution in [0.15, 0.2) is 0 Å². The van der Waals surface area contributed by atoms with Crippen molar-refractivity contribution in [2.75, 3.05) is 31.1 Å². The van der Waals surface area contributed by atoms with Gasteiger partial charge in [-0.1, -0.05) is 6.92 Å². The Kier molecular flexibility index (Phi) is 4.86. The van der Waals surface area contributed by atoms with Crippen molar-refractivity contribution in [2.24, 2.45) is 0 Å². The van der Waals surface area contributed by atoms with E-state index >= 15 is 0 Å². The standard InChI is InChI=1S/C12H23N7/c1-2-6-19(9-4-3-5-15-7-9)8-10-16-11(13)18-12(14)17-10/h9,15H,2-8H2,1H3,(H4,13,14,16,17,18). The van der Waals surface area contributed by atoms with Crippen LogP contribution in [0.5, 0.6) is 0 Å². The Hall–Kier alpha value is -1.47. The number of hydrogen-bond donors (Lipinski definition) is 3. The lowest BCUT2D eigenvalue weighted by atomic mass is 10.1. The highest BCUT2D eigenvalue weighted by atomic mass is 15.2. The SMILES string of the molecule is CCCN(Cc1nc(N)nc(N)n1)C1CCCNC1. The van der Waals surface area contributed by atoms with Crippen LogP contribution in [0.2, 0.25) is 0 Å². The summed E-state index contributed by atoms with van der Waals surface area (Å²) < 4.78 is 0. The van der Waals surface area contributed by atoms with E-state index in [2.05, 4.69) is 32.1 Å². The van der Waals surface area contributed by atoms with E-state index in [1.54, 1.807) is 0 Å². The number of nitrogens with zero attached hydrogens (tertiary/aromatic N) is 4. The Labute approximate surface area is 113 Å². The van der Waals surface area contributed by atoms with Gasteiger partial charge in [0.15, 0.2) is 0 Å². The fourth-order valence-corrected chi connectivity index (χ4v) is 2.53. The molecule has 0 amide bonds. The van der Waals surface area contributed by atoms with E-state index in [0.717, 1.165) is 26.1 Å². The summed E-state index contributed by atoms with van der Waals surface area (Å²) in [6, 6.07) is 0.535. The Morgan fingerprint density at radius 1 is 1.26 bits per heavy atom. The number of piperidine rings is 1. The van der Waals surface area contributed by atoms with Gasteiger partial charge >= 0.3 is 0 Å². The van der Waals surface area contributed by atoms with Crippen molar-refractivity contribution in [3.05, 3.63) is 5.82 Å². The third kappa shape index (κ3) is 4.00. The van der Waals surface area contributed by atoms with Gasteiger partial charge < -0.3 is 16.8 Å². The fourth-order valence-electron chi connectivity index (χ4n) is 2.53. The molecule has 5 N–H and O–H groups in total. The van der Waals surface area contributed by atoms with E-state index in [1.165, 1.54) is 12.8 Å². The zero-order valence-electron chi connectivity index (χ0n) is 11.5. The average Bonchev–Trinajstić information content (AvgIpc) is 2.38. The second kappa shape index (κ2) is 6.63. The molecule has 0 radical (unpaired) electrons. The molecule has 1 unspecified atom stereocenters. The third-order valence-corrected chi connectivity index (χ3v) is 3.36. The predicted octanol–water partition coefficient (Wildman–Crippen LogP) is 0.00000000000000161. The molecule has 1 aromatic rings. The van der Waals surface area contributed by atoms with Crippen LogP contribution in [0.1, 0.15) is 32.0 Å². The number of anilines is 2. The van der Waals surface area contributed by atoms with E-state index in [1.807, 2.05) is 0 Å². The highest BCUT2D eigenvalue weighted by Crippen LogP contribution is 2.14. The van der Waals surface area contributed by atoms with Crippen LogP contribution in [0.3, 0.4) is 0 Å². The van der Waals surface area contributed by atoms with E-state index in [-0.39, 0.29) is 11.9 Å². The summed E-state index contributed by atoms with van der Waals surface area (Å²) in [6.07, 6.45) is 3.53. The lowest BCUT2D eigenvalue weighted by Crippen LogP contribution is -2.46. The zero-order valence-corrected chi connectivity index (χ0v) is 11.5. The zero-order chi connectivity index (χ0) is 13.7. The molecule has 0 aromatic carbocycles. The maximum atomic E-state index is 5.61. The molecule has 1 atom stereocenters. The van der Waals surface area contributed by atoms with Crippen LogP contribution >= 0.6 is 0 Å². The van der Waals surface area contributed by atoms with Crippen molar-refractivity contribution < 1.29 is 0 Å². The first kappa shape index (κ1) is 14.0. The van der Waals surface area contributed by atoms with Crippen molar-refractivity contribution in [3.63, 3.8) is 0 Å². The van der Waals surface area contributed by atoms with Gasteiger partial charge in [-0.2, -0.15) is 15.0 Å². The van der Waals surface area contributed by atoms with Gasteiger partial charge in [0.1, 0.15) is 5.82 Å². The Morgan fingerprint density at radius 3 is 2.58 bits per heavy atom. The van der Waals surface area contributed by atoms with Gasteiger partial charge in [0, 0.05) is 12.6 Å². The molecule has 1 aliphatic rings. The normalized spacial score (nSPS) is 19.8. The second-order valence-electron chi connectivity index (χ2n) is 4.94. The van der Waals surface area contributed by atoms with Gasteiger partial charge in [0.25, 0.3) is 0 Å².